The molecule has 0 saturated carbocycles. The molecule has 1 fully saturated rings. The fourth-order valence-corrected chi connectivity index (χ4v) is 3.92. The number of anilines is 1. The first-order valence-corrected chi connectivity index (χ1v) is 9.38. The van der Waals surface area contributed by atoms with E-state index in [1.165, 1.54) is 23.5 Å². The van der Waals surface area contributed by atoms with Gasteiger partial charge in [-0.25, -0.2) is 4.39 Å². The molecule has 1 aliphatic heterocycles. The third-order valence-electron chi connectivity index (χ3n) is 4.51. The van der Waals surface area contributed by atoms with Gasteiger partial charge in [0.2, 0.25) is 5.91 Å². The second-order valence-electron chi connectivity index (χ2n) is 6.13. The van der Waals surface area contributed by atoms with Crippen molar-refractivity contribution >= 4 is 28.8 Å². The van der Waals surface area contributed by atoms with E-state index >= 15 is 0 Å². The summed E-state index contributed by atoms with van der Waals surface area (Å²) < 4.78 is 13.1. The van der Waals surface area contributed by atoms with Gasteiger partial charge in [0.15, 0.2) is 0 Å². The van der Waals surface area contributed by atoms with Gasteiger partial charge in [0.05, 0.1) is 10.8 Å². The molecular weight excluding hydrogens is 339 g/mol. The molecule has 1 atom stereocenters. The van der Waals surface area contributed by atoms with Gasteiger partial charge in [-0.3, -0.25) is 9.59 Å². The fraction of sp³-hybridized carbons (Fsp3) is 0.368. The van der Waals surface area contributed by atoms with Gasteiger partial charge in [-0.2, -0.15) is 0 Å². The monoisotopic (exact) mass is 360 g/mol. The standard InChI is InChI=1S/C19H21FN2O2S/c1-2-22(16-9-7-15(20)8-10-16)18(23)14-5-3-11-21(13-14)19(24)17-6-4-12-25-17/h4,6-10,12,14H,2-3,5,11,13H2,1H3. The summed E-state index contributed by atoms with van der Waals surface area (Å²) in [5, 5.41) is 1.88. The van der Waals surface area contributed by atoms with Crippen LogP contribution in [0.3, 0.4) is 0 Å². The van der Waals surface area contributed by atoms with E-state index in [0.29, 0.717) is 30.2 Å². The Labute approximate surface area is 150 Å². The van der Waals surface area contributed by atoms with Gasteiger partial charge in [0.1, 0.15) is 5.82 Å². The zero-order valence-electron chi connectivity index (χ0n) is 14.2. The quantitative estimate of drug-likeness (QED) is 0.832. The Morgan fingerprint density at radius 3 is 2.68 bits per heavy atom. The van der Waals surface area contributed by atoms with E-state index in [1.807, 2.05) is 24.4 Å². The third-order valence-corrected chi connectivity index (χ3v) is 5.37. The first kappa shape index (κ1) is 17.6. The molecule has 2 heterocycles. The number of amides is 2. The lowest BCUT2D eigenvalue weighted by Gasteiger charge is -2.34. The van der Waals surface area contributed by atoms with Gasteiger partial charge in [-0.05, 0) is 55.5 Å². The SMILES string of the molecule is CCN(C(=O)C1CCCN(C(=O)c2cccs2)C1)c1ccc(F)cc1. The number of likely N-dealkylation sites (tertiary alicyclic amines) is 1. The third kappa shape index (κ3) is 3.90. The zero-order valence-corrected chi connectivity index (χ0v) is 15.0. The number of hydrogen-bond acceptors (Lipinski definition) is 3. The summed E-state index contributed by atoms with van der Waals surface area (Å²) in [5.74, 6) is -0.546. The summed E-state index contributed by atoms with van der Waals surface area (Å²) in [6.45, 7) is 3.54. The average Bonchev–Trinajstić information content (AvgIpc) is 3.18. The Kier molecular flexibility index (Phi) is 5.48. The molecule has 2 amide bonds. The second kappa shape index (κ2) is 7.78. The van der Waals surface area contributed by atoms with Crippen LogP contribution in [-0.2, 0) is 4.79 Å². The molecule has 4 nitrogen and oxygen atoms in total. The molecule has 0 bridgehead atoms. The molecule has 2 aromatic rings. The van der Waals surface area contributed by atoms with Gasteiger partial charge in [-0.1, -0.05) is 6.07 Å². The summed E-state index contributed by atoms with van der Waals surface area (Å²) >= 11 is 1.42. The second-order valence-corrected chi connectivity index (χ2v) is 7.07. The number of rotatable bonds is 4. The molecule has 25 heavy (non-hydrogen) atoms. The lowest BCUT2D eigenvalue weighted by Crippen LogP contribution is -2.46. The number of benzene rings is 1. The van der Waals surface area contributed by atoms with Crippen LogP contribution < -0.4 is 4.90 Å². The number of nitrogens with zero attached hydrogens (tertiary/aromatic N) is 2. The smallest absolute Gasteiger partial charge is 0.263 e. The van der Waals surface area contributed by atoms with E-state index in [9.17, 15) is 14.0 Å². The van der Waals surface area contributed by atoms with Crippen molar-refractivity contribution in [2.75, 3.05) is 24.5 Å². The molecule has 1 unspecified atom stereocenters. The van der Waals surface area contributed by atoms with Crippen LogP contribution in [0.4, 0.5) is 10.1 Å². The highest BCUT2D eigenvalue weighted by atomic mass is 32.1. The van der Waals surface area contributed by atoms with Crippen LogP contribution in [0.25, 0.3) is 0 Å². The van der Waals surface area contributed by atoms with Crippen LogP contribution in [0.1, 0.15) is 29.4 Å². The van der Waals surface area contributed by atoms with Crippen molar-refractivity contribution in [3.8, 4) is 0 Å². The molecule has 6 heteroatoms. The lowest BCUT2D eigenvalue weighted by atomic mass is 9.96. The molecule has 132 valence electrons. The molecule has 0 radical (unpaired) electrons. The van der Waals surface area contributed by atoms with Crippen LogP contribution in [0, 0.1) is 11.7 Å². The van der Waals surface area contributed by atoms with Gasteiger partial charge < -0.3 is 9.80 Å². The highest BCUT2D eigenvalue weighted by Gasteiger charge is 2.32. The van der Waals surface area contributed by atoms with E-state index in [2.05, 4.69) is 0 Å². The molecule has 3 rings (SSSR count). The lowest BCUT2D eigenvalue weighted by molar-refractivity contribution is -0.123. The highest BCUT2D eigenvalue weighted by molar-refractivity contribution is 7.12. The Morgan fingerprint density at radius 1 is 1.28 bits per heavy atom. The Hall–Kier alpha value is -2.21. The number of halogens is 1. The molecule has 1 aromatic carbocycles. The van der Waals surface area contributed by atoms with Gasteiger partial charge >= 0.3 is 0 Å². The Balaban J connectivity index is 1.72. The highest BCUT2D eigenvalue weighted by Crippen LogP contribution is 2.25. The summed E-state index contributed by atoms with van der Waals surface area (Å²) in [4.78, 5) is 29.7. The maximum atomic E-state index is 13.1. The van der Waals surface area contributed by atoms with Crippen molar-refractivity contribution in [3.63, 3.8) is 0 Å². The van der Waals surface area contributed by atoms with E-state index < -0.39 is 0 Å². The molecule has 0 spiro atoms. The summed E-state index contributed by atoms with van der Waals surface area (Å²) in [6.07, 6.45) is 1.58. The van der Waals surface area contributed by atoms with Crippen molar-refractivity contribution in [2.24, 2.45) is 5.92 Å². The molecule has 0 aliphatic carbocycles. The number of hydrogen-bond donors (Lipinski definition) is 0. The largest absolute Gasteiger partial charge is 0.337 e. The molecule has 0 N–H and O–H groups in total. The van der Waals surface area contributed by atoms with E-state index in [-0.39, 0.29) is 23.5 Å². The maximum absolute atomic E-state index is 13.1. The van der Waals surface area contributed by atoms with Crippen molar-refractivity contribution in [2.45, 2.75) is 19.8 Å². The van der Waals surface area contributed by atoms with Crippen LogP contribution in [0.15, 0.2) is 41.8 Å². The summed E-state index contributed by atoms with van der Waals surface area (Å²) in [6, 6.07) is 9.63. The van der Waals surface area contributed by atoms with Crippen molar-refractivity contribution in [1.29, 1.82) is 0 Å². The van der Waals surface area contributed by atoms with Crippen molar-refractivity contribution in [3.05, 3.63) is 52.5 Å². The minimum atomic E-state index is -0.322. The molecule has 1 saturated heterocycles. The maximum Gasteiger partial charge on any atom is 0.263 e. The molecule has 1 aromatic heterocycles. The predicted octanol–water partition coefficient (Wildman–Crippen LogP) is 3.79. The van der Waals surface area contributed by atoms with Gasteiger partial charge in [0.25, 0.3) is 5.91 Å². The number of carbonyl (C=O) groups excluding carboxylic acids is 2. The Bertz CT molecular complexity index is 730. The normalized spacial score (nSPS) is 17.4. The van der Waals surface area contributed by atoms with Crippen LogP contribution in [0.2, 0.25) is 0 Å². The average molecular weight is 360 g/mol. The first-order valence-electron chi connectivity index (χ1n) is 8.50. The fourth-order valence-electron chi connectivity index (χ4n) is 3.23. The number of thiophene rings is 1. The summed E-state index contributed by atoms with van der Waals surface area (Å²) in [7, 11) is 0. The number of piperidine rings is 1. The summed E-state index contributed by atoms with van der Waals surface area (Å²) in [5.41, 5.74) is 0.690. The van der Waals surface area contributed by atoms with Gasteiger partial charge in [0, 0.05) is 25.3 Å². The van der Waals surface area contributed by atoms with Gasteiger partial charge in [-0.15, -0.1) is 11.3 Å². The van der Waals surface area contributed by atoms with Crippen molar-refractivity contribution in [1.82, 2.24) is 4.90 Å². The first-order chi connectivity index (χ1) is 12.1. The topological polar surface area (TPSA) is 40.6 Å². The molecular formula is C19H21FN2O2S. The van der Waals surface area contributed by atoms with Crippen molar-refractivity contribution < 1.29 is 14.0 Å². The van der Waals surface area contributed by atoms with E-state index in [0.717, 1.165) is 12.8 Å². The predicted molar refractivity (Wildman–Crippen MR) is 97.4 cm³/mol. The Morgan fingerprint density at radius 2 is 2.04 bits per heavy atom. The van der Waals surface area contributed by atoms with Crippen LogP contribution in [0.5, 0.6) is 0 Å². The van der Waals surface area contributed by atoms with E-state index in [1.54, 1.807) is 21.9 Å². The zero-order chi connectivity index (χ0) is 17.8. The van der Waals surface area contributed by atoms with E-state index in [4.69, 9.17) is 0 Å². The molecule has 1 aliphatic rings. The minimum Gasteiger partial charge on any atom is -0.337 e. The minimum absolute atomic E-state index is 0.00205. The van der Waals surface area contributed by atoms with Crippen LogP contribution in [-0.4, -0.2) is 36.3 Å². The van der Waals surface area contributed by atoms with Crippen LogP contribution >= 0.6 is 11.3 Å². The number of carbonyl (C=O) groups is 2.